The van der Waals surface area contributed by atoms with Crippen LogP contribution < -0.4 is 9.64 Å². The minimum atomic E-state index is 0.00831. The van der Waals surface area contributed by atoms with E-state index in [1.807, 2.05) is 23.6 Å². The first-order valence-corrected chi connectivity index (χ1v) is 7.04. The number of nitrogens with zero attached hydrogens (tertiary/aromatic N) is 2. The van der Waals surface area contributed by atoms with E-state index < -0.39 is 0 Å². The summed E-state index contributed by atoms with van der Waals surface area (Å²) in [5.41, 5.74) is 1.69. The van der Waals surface area contributed by atoms with Crippen molar-refractivity contribution in [2.24, 2.45) is 0 Å². The molecule has 0 bridgehead atoms. The Morgan fingerprint density at radius 3 is 3.05 bits per heavy atom. The van der Waals surface area contributed by atoms with Crippen LogP contribution in [0.25, 0.3) is 0 Å². The maximum Gasteiger partial charge on any atom is 0.186 e. The van der Waals surface area contributed by atoms with Gasteiger partial charge in [-0.2, -0.15) is 0 Å². The van der Waals surface area contributed by atoms with Crippen LogP contribution in [0.1, 0.15) is 23.0 Å². The number of carbonyl (C=O) groups excluding carboxylic acids is 1. The third-order valence-corrected chi connectivity index (χ3v) is 3.98. The topological polar surface area (TPSA) is 42.4 Å². The van der Waals surface area contributed by atoms with Crippen molar-refractivity contribution in [2.45, 2.75) is 13.5 Å². The fourth-order valence-electron chi connectivity index (χ4n) is 2.06. The van der Waals surface area contributed by atoms with Gasteiger partial charge in [-0.15, -0.1) is 11.3 Å². The third kappa shape index (κ3) is 2.46. The van der Waals surface area contributed by atoms with Crippen molar-refractivity contribution in [2.75, 3.05) is 18.1 Å². The van der Waals surface area contributed by atoms with E-state index in [4.69, 9.17) is 4.74 Å². The Morgan fingerprint density at radius 1 is 1.42 bits per heavy atom. The van der Waals surface area contributed by atoms with Gasteiger partial charge in [0.2, 0.25) is 0 Å². The lowest BCUT2D eigenvalue weighted by Gasteiger charge is -2.18. The molecule has 0 saturated carbocycles. The standard InChI is InChI=1S/C14H14N2O2S/c1-10(17)12-9-19-14(15-12)16-6-7-18-13-5-3-2-4-11(13)8-16/h2-5,9H,6-8H2,1H3. The maximum absolute atomic E-state index is 11.3. The quantitative estimate of drug-likeness (QED) is 0.790. The van der Waals surface area contributed by atoms with Gasteiger partial charge in [0, 0.05) is 24.4 Å². The summed E-state index contributed by atoms with van der Waals surface area (Å²) in [5, 5.41) is 2.69. The number of para-hydroxylation sites is 1. The number of rotatable bonds is 2. The number of thiazole rings is 1. The molecule has 2 heterocycles. The Labute approximate surface area is 115 Å². The van der Waals surface area contributed by atoms with Gasteiger partial charge in [0.25, 0.3) is 0 Å². The van der Waals surface area contributed by atoms with Gasteiger partial charge < -0.3 is 9.64 Å². The number of hydrogen-bond donors (Lipinski definition) is 0. The molecule has 0 unspecified atom stereocenters. The van der Waals surface area contributed by atoms with Gasteiger partial charge in [0.15, 0.2) is 10.9 Å². The van der Waals surface area contributed by atoms with Crippen LogP contribution in [-0.4, -0.2) is 23.9 Å². The second kappa shape index (κ2) is 5.01. The largest absolute Gasteiger partial charge is 0.491 e. The van der Waals surface area contributed by atoms with E-state index in [1.54, 1.807) is 6.92 Å². The Hall–Kier alpha value is -1.88. The fraction of sp³-hybridized carbons (Fsp3) is 0.286. The summed E-state index contributed by atoms with van der Waals surface area (Å²) in [6, 6.07) is 8.04. The molecule has 1 aliphatic heterocycles. The molecular weight excluding hydrogens is 260 g/mol. The summed E-state index contributed by atoms with van der Waals surface area (Å²) in [6.07, 6.45) is 0. The van der Waals surface area contributed by atoms with Crippen molar-refractivity contribution in [3.05, 3.63) is 40.9 Å². The Morgan fingerprint density at radius 2 is 2.26 bits per heavy atom. The van der Waals surface area contributed by atoms with Crippen LogP contribution in [0.3, 0.4) is 0 Å². The zero-order valence-electron chi connectivity index (χ0n) is 10.6. The second-order valence-corrected chi connectivity index (χ2v) is 5.29. The summed E-state index contributed by atoms with van der Waals surface area (Å²) < 4.78 is 5.72. The second-order valence-electron chi connectivity index (χ2n) is 4.45. The molecule has 98 valence electrons. The highest BCUT2D eigenvalue weighted by molar-refractivity contribution is 7.13. The molecule has 5 heteroatoms. The number of Topliss-reactive ketones (excluding diaryl/α,β-unsaturated/α-hetero) is 1. The van der Waals surface area contributed by atoms with Crippen LogP contribution in [0, 0.1) is 0 Å². The molecule has 0 aliphatic carbocycles. The number of ether oxygens (including phenoxy) is 1. The van der Waals surface area contributed by atoms with E-state index in [9.17, 15) is 4.79 Å². The zero-order valence-corrected chi connectivity index (χ0v) is 11.4. The molecule has 3 rings (SSSR count). The molecule has 4 nitrogen and oxygen atoms in total. The maximum atomic E-state index is 11.3. The molecular formula is C14H14N2O2S. The molecule has 19 heavy (non-hydrogen) atoms. The van der Waals surface area contributed by atoms with E-state index in [2.05, 4.69) is 16.0 Å². The van der Waals surface area contributed by atoms with Gasteiger partial charge in [-0.3, -0.25) is 4.79 Å². The lowest BCUT2D eigenvalue weighted by Crippen LogP contribution is -2.25. The Balaban J connectivity index is 1.87. The van der Waals surface area contributed by atoms with Crippen molar-refractivity contribution in [1.82, 2.24) is 4.98 Å². The Bertz CT molecular complexity index is 609. The van der Waals surface area contributed by atoms with E-state index >= 15 is 0 Å². The van der Waals surface area contributed by atoms with Gasteiger partial charge in [-0.25, -0.2) is 4.98 Å². The summed E-state index contributed by atoms with van der Waals surface area (Å²) in [4.78, 5) is 17.9. The van der Waals surface area contributed by atoms with Crippen LogP contribution in [0.4, 0.5) is 5.13 Å². The zero-order chi connectivity index (χ0) is 13.2. The molecule has 0 fully saturated rings. The monoisotopic (exact) mass is 274 g/mol. The van der Waals surface area contributed by atoms with E-state index in [-0.39, 0.29) is 5.78 Å². The predicted molar refractivity (Wildman–Crippen MR) is 75.1 cm³/mol. The van der Waals surface area contributed by atoms with Gasteiger partial charge in [0.05, 0.1) is 6.54 Å². The molecule has 0 radical (unpaired) electrons. The normalized spacial score (nSPS) is 14.5. The minimum absolute atomic E-state index is 0.00831. The number of anilines is 1. The number of hydrogen-bond acceptors (Lipinski definition) is 5. The van der Waals surface area contributed by atoms with E-state index in [0.717, 1.165) is 29.5 Å². The number of aromatic nitrogens is 1. The molecule has 0 amide bonds. The molecule has 0 atom stereocenters. The van der Waals surface area contributed by atoms with E-state index in [1.165, 1.54) is 11.3 Å². The number of fused-ring (bicyclic) bond motifs is 1. The molecule has 1 aromatic carbocycles. The highest BCUT2D eigenvalue weighted by Crippen LogP contribution is 2.28. The summed E-state index contributed by atoms with van der Waals surface area (Å²) in [7, 11) is 0. The molecule has 0 saturated heterocycles. The van der Waals surface area contributed by atoms with Crippen molar-refractivity contribution in [3.63, 3.8) is 0 Å². The SMILES string of the molecule is CC(=O)c1csc(N2CCOc3ccccc3C2)n1. The van der Waals surface area contributed by atoms with Gasteiger partial charge in [-0.1, -0.05) is 18.2 Å². The Kier molecular flexibility index (Phi) is 3.21. The van der Waals surface area contributed by atoms with E-state index in [0.29, 0.717) is 12.3 Å². The molecule has 2 aromatic rings. The van der Waals surface area contributed by atoms with Gasteiger partial charge in [-0.05, 0) is 6.07 Å². The summed E-state index contributed by atoms with van der Waals surface area (Å²) in [6.45, 7) is 3.71. The molecule has 0 N–H and O–H groups in total. The predicted octanol–water partition coefficient (Wildman–Crippen LogP) is 2.74. The highest BCUT2D eigenvalue weighted by atomic mass is 32.1. The number of carbonyl (C=O) groups is 1. The van der Waals surface area contributed by atoms with Crippen LogP contribution in [0.15, 0.2) is 29.6 Å². The smallest absolute Gasteiger partial charge is 0.186 e. The average molecular weight is 274 g/mol. The molecule has 1 aromatic heterocycles. The number of benzene rings is 1. The molecule has 1 aliphatic rings. The first-order chi connectivity index (χ1) is 9.24. The van der Waals surface area contributed by atoms with Crippen molar-refractivity contribution < 1.29 is 9.53 Å². The lowest BCUT2D eigenvalue weighted by molar-refractivity contribution is 0.101. The first kappa shape index (κ1) is 12.2. The third-order valence-electron chi connectivity index (χ3n) is 3.08. The lowest BCUT2D eigenvalue weighted by atomic mass is 10.2. The first-order valence-electron chi connectivity index (χ1n) is 6.16. The van der Waals surface area contributed by atoms with Gasteiger partial charge >= 0.3 is 0 Å². The average Bonchev–Trinajstić information content (AvgIpc) is 2.80. The number of ketones is 1. The summed E-state index contributed by atoms with van der Waals surface area (Å²) in [5.74, 6) is 0.947. The van der Waals surface area contributed by atoms with Crippen LogP contribution >= 0.6 is 11.3 Å². The minimum Gasteiger partial charge on any atom is -0.491 e. The fourth-order valence-corrected chi connectivity index (χ4v) is 2.95. The van der Waals surface area contributed by atoms with Crippen LogP contribution in [0.5, 0.6) is 5.75 Å². The molecule has 0 spiro atoms. The van der Waals surface area contributed by atoms with Crippen LogP contribution in [-0.2, 0) is 6.54 Å². The highest BCUT2D eigenvalue weighted by Gasteiger charge is 2.18. The summed E-state index contributed by atoms with van der Waals surface area (Å²) >= 11 is 1.51. The van der Waals surface area contributed by atoms with Crippen LogP contribution in [0.2, 0.25) is 0 Å². The van der Waals surface area contributed by atoms with Crippen molar-refractivity contribution in [3.8, 4) is 5.75 Å². The van der Waals surface area contributed by atoms with Crippen molar-refractivity contribution in [1.29, 1.82) is 0 Å². The van der Waals surface area contributed by atoms with Gasteiger partial charge in [0.1, 0.15) is 18.1 Å². The van der Waals surface area contributed by atoms with Crippen molar-refractivity contribution >= 4 is 22.3 Å².